The van der Waals surface area contributed by atoms with Gasteiger partial charge in [-0.15, -0.1) is 16.6 Å². The van der Waals surface area contributed by atoms with Crippen LogP contribution >= 0.6 is 0 Å². The zero-order valence-corrected chi connectivity index (χ0v) is 24.1. The molecule has 1 aliphatic heterocycles. The van der Waals surface area contributed by atoms with E-state index in [0.717, 1.165) is 36.4 Å². The molecule has 2 aliphatic rings. The molecular formula is C32H33F3N6O2. The van der Waals surface area contributed by atoms with E-state index in [9.17, 15) is 22.8 Å². The third-order valence-corrected chi connectivity index (χ3v) is 8.28. The Kier molecular flexibility index (Phi) is 8.16. The van der Waals surface area contributed by atoms with Crippen molar-refractivity contribution in [3.63, 3.8) is 0 Å². The molecule has 43 heavy (non-hydrogen) atoms. The lowest BCUT2D eigenvalue weighted by Crippen LogP contribution is -2.43. The van der Waals surface area contributed by atoms with Crippen molar-refractivity contribution in [2.75, 3.05) is 24.5 Å². The van der Waals surface area contributed by atoms with Crippen molar-refractivity contribution in [1.82, 2.24) is 25.0 Å². The van der Waals surface area contributed by atoms with Crippen LogP contribution in [0.1, 0.15) is 58.2 Å². The van der Waals surface area contributed by atoms with E-state index in [-0.39, 0.29) is 48.6 Å². The summed E-state index contributed by atoms with van der Waals surface area (Å²) in [5.41, 5.74) is 0.548. The highest BCUT2D eigenvalue weighted by atomic mass is 19.4. The van der Waals surface area contributed by atoms with Crippen LogP contribution in [0, 0.1) is 18.3 Å². The third-order valence-electron chi connectivity index (χ3n) is 8.28. The Bertz CT molecular complexity index is 1600. The molecule has 1 aromatic heterocycles. The number of nitrogens with zero attached hydrogens (tertiary/aromatic N) is 5. The number of nitrogens with one attached hydrogen (secondary N) is 1. The number of hydrogen-bond acceptors (Lipinski definition) is 5. The van der Waals surface area contributed by atoms with Gasteiger partial charge in [-0.2, -0.15) is 13.2 Å². The summed E-state index contributed by atoms with van der Waals surface area (Å²) in [6.45, 7) is 6.14. The minimum absolute atomic E-state index is 0.0242. The lowest BCUT2D eigenvalue weighted by Gasteiger charge is -2.46. The molecule has 1 saturated carbocycles. The number of halogens is 3. The van der Waals surface area contributed by atoms with Gasteiger partial charge in [0.1, 0.15) is 12.2 Å². The fraction of sp³-hybridized carbons (Fsp3) is 0.375. The van der Waals surface area contributed by atoms with Crippen molar-refractivity contribution in [2.45, 2.75) is 44.4 Å². The van der Waals surface area contributed by atoms with E-state index >= 15 is 0 Å². The summed E-state index contributed by atoms with van der Waals surface area (Å²) >= 11 is 0. The second kappa shape index (κ2) is 11.7. The van der Waals surface area contributed by atoms with Gasteiger partial charge in [-0.1, -0.05) is 31.6 Å². The van der Waals surface area contributed by atoms with Gasteiger partial charge in [-0.25, -0.2) is 0 Å². The maximum Gasteiger partial charge on any atom is 0.416 e. The van der Waals surface area contributed by atoms with Gasteiger partial charge >= 0.3 is 6.18 Å². The summed E-state index contributed by atoms with van der Waals surface area (Å²) in [5, 5.41) is 11.1. The zero-order valence-electron chi connectivity index (χ0n) is 24.1. The van der Waals surface area contributed by atoms with E-state index in [1.54, 1.807) is 17.3 Å². The average molecular weight is 591 g/mol. The molecule has 1 N–H and O–H groups in total. The van der Waals surface area contributed by atoms with Gasteiger partial charge in [-0.05, 0) is 65.8 Å². The Labute approximate surface area is 248 Å². The first kappa shape index (κ1) is 30.0. The Morgan fingerprint density at radius 2 is 2.07 bits per heavy atom. The number of benzene rings is 2. The fourth-order valence-electron chi connectivity index (χ4n) is 6.40. The third kappa shape index (κ3) is 5.79. The molecule has 1 aliphatic carbocycles. The molecule has 0 saturated heterocycles. The van der Waals surface area contributed by atoms with Crippen molar-refractivity contribution in [1.29, 1.82) is 0 Å². The maximum absolute atomic E-state index is 14.4. The number of aromatic nitrogens is 3. The van der Waals surface area contributed by atoms with Crippen molar-refractivity contribution in [3.05, 3.63) is 89.0 Å². The molecule has 0 spiro atoms. The Morgan fingerprint density at radius 3 is 2.70 bits per heavy atom. The van der Waals surface area contributed by atoms with Gasteiger partial charge in [-0.3, -0.25) is 14.5 Å². The van der Waals surface area contributed by atoms with Crippen LogP contribution in [0.25, 0.3) is 0 Å². The monoisotopic (exact) mass is 590 g/mol. The first-order valence-corrected chi connectivity index (χ1v) is 14.0. The Balaban J connectivity index is 1.45. The summed E-state index contributed by atoms with van der Waals surface area (Å²) < 4.78 is 45.0. The maximum atomic E-state index is 14.4. The number of carbonyl (C=O) groups excluding carboxylic acids is 2. The molecular weight excluding hydrogens is 557 g/mol. The van der Waals surface area contributed by atoms with Crippen LogP contribution in [0.3, 0.4) is 0 Å². The lowest BCUT2D eigenvalue weighted by molar-refractivity contribution is -0.138. The lowest BCUT2D eigenvalue weighted by atomic mass is 9.58. The van der Waals surface area contributed by atoms with Gasteiger partial charge < -0.3 is 14.8 Å². The summed E-state index contributed by atoms with van der Waals surface area (Å²) in [5.74, 6) is 2.95. The molecule has 8 nitrogen and oxygen atoms in total. The Hall–Kier alpha value is -4.43. The van der Waals surface area contributed by atoms with Crippen LogP contribution in [0.15, 0.2) is 55.4 Å². The number of hydrogen-bond donors (Lipinski definition) is 1. The minimum Gasteiger partial charge on any atom is -0.351 e. The topological polar surface area (TPSA) is 83.4 Å². The van der Waals surface area contributed by atoms with Gasteiger partial charge in [0, 0.05) is 37.9 Å². The standard InChI is InChI=1S/C32H33F3N6O2/c1-5-11-40(12-10-36-28(42)6-2)18-22-13-25-26(27(14-22)32(33,34)35)19-41(29(25)43)24-9-7-8-23(15-24)31(16-21(3)17-31)30-38-37-20-39(30)4/h1,6-9,13-15,20-21H,2,10-12,16-19H2,3-4H3,(H,36,42). The normalized spacial score (nSPS) is 19.6. The average Bonchev–Trinajstić information content (AvgIpc) is 3.53. The van der Waals surface area contributed by atoms with Crippen molar-refractivity contribution < 1.29 is 22.8 Å². The Morgan fingerprint density at radius 1 is 1.30 bits per heavy atom. The van der Waals surface area contributed by atoms with E-state index in [1.165, 1.54) is 11.0 Å². The number of alkyl halides is 3. The van der Waals surface area contributed by atoms with Gasteiger partial charge in [0.15, 0.2) is 0 Å². The van der Waals surface area contributed by atoms with Crippen LogP contribution in [0.2, 0.25) is 0 Å². The molecule has 0 radical (unpaired) electrons. The van der Waals surface area contributed by atoms with Crippen molar-refractivity contribution >= 4 is 17.5 Å². The zero-order chi connectivity index (χ0) is 30.9. The molecule has 5 rings (SSSR count). The number of anilines is 1. The van der Waals surface area contributed by atoms with Crippen molar-refractivity contribution in [2.24, 2.45) is 13.0 Å². The van der Waals surface area contributed by atoms with E-state index < -0.39 is 17.6 Å². The van der Waals surface area contributed by atoms with E-state index in [2.05, 4.69) is 34.9 Å². The highest BCUT2D eigenvalue weighted by molar-refractivity contribution is 6.10. The highest BCUT2D eigenvalue weighted by Crippen LogP contribution is 2.52. The van der Waals surface area contributed by atoms with Crippen LogP contribution in [0.4, 0.5) is 18.9 Å². The summed E-state index contributed by atoms with van der Waals surface area (Å²) in [6, 6.07) is 10.1. The molecule has 0 unspecified atom stereocenters. The van der Waals surface area contributed by atoms with Crippen molar-refractivity contribution in [3.8, 4) is 12.3 Å². The molecule has 0 atom stereocenters. The van der Waals surface area contributed by atoms with Crippen LogP contribution in [-0.2, 0) is 36.5 Å². The summed E-state index contributed by atoms with van der Waals surface area (Å²) in [7, 11) is 1.89. The van der Waals surface area contributed by atoms with Gasteiger partial charge in [0.25, 0.3) is 5.91 Å². The number of aryl methyl sites for hydroxylation is 1. The van der Waals surface area contributed by atoms with Crippen LogP contribution < -0.4 is 10.2 Å². The highest BCUT2D eigenvalue weighted by Gasteiger charge is 2.48. The predicted octanol–water partition coefficient (Wildman–Crippen LogP) is 4.45. The smallest absolute Gasteiger partial charge is 0.351 e. The number of amides is 2. The largest absolute Gasteiger partial charge is 0.416 e. The summed E-state index contributed by atoms with van der Waals surface area (Å²) in [6.07, 6.45) is 5.33. The van der Waals surface area contributed by atoms with Gasteiger partial charge in [0.2, 0.25) is 5.91 Å². The molecule has 0 bridgehead atoms. The second-order valence-corrected chi connectivity index (χ2v) is 11.4. The number of carbonyl (C=O) groups is 2. The molecule has 2 heterocycles. The fourth-order valence-corrected chi connectivity index (χ4v) is 6.40. The number of rotatable bonds is 10. The van der Waals surface area contributed by atoms with E-state index in [1.807, 2.05) is 29.8 Å². The van der Waals surface area contributed by atoms with E-state index in [4.69, 9.17) is 6.42 Å². The van der Waals surface area contributed by atoms with Crippen LogP contribution in [0.5, 0.6) is 0 Å². The van der Waals surface area contributed by atoms with Gasteiger partial charge in [0.05, 0.1) is 24.1 Å². The number of terminal acetylenes is 1. The molecule has 11 heteroatoms. The second-order valence-electron chi connectivity index (χ2n) is 11.4. The molecule has 2 amide bonds. The quantitative estimate of drug-likeness (QED) is 0.279. The van der Waals surface area contributed by atoms with Crippen LogP contribution in [-0.4, -0.2) is 51.1 Å². The predicted molar refractivity (Wildman–Crippen MR) is 156 cm³/mol. The minimum atomic E-state index is -4.66. The summed E-state index contributed by atoms with van der Waals surface area (Å²) in [4.78, 5) is 28.4. The molecule has 3 aromatic rings. The molecule has 224 valence electrons. The number of fused-ring (bicyclic) bond motifs is 1. The van der Waals surface area contributed by atoms with E-state index in [0.29, 0.717) is 23.7 Å². The first-order valence-electron chi connectivity index (χ1n) is 14.0. The molecule has 2 aromatic carbocycles. The molecule has 1 fully saturated rings. The SMILES string of the molecule is C#CCN(CCNC(=O)C=C)Cc1cc2c(c(C(F)(F)F)c1)CN(c1cccc(C3(c4nncn4C)CC(C)C3)c1)C2=O. The first-order chi connectivity index (χ1) is 20.5.